The third-order valence-corrected chi connectivity index (χ3v) is 2.34. The average Bonchev–Trinajstić information content (AvgIpc) is 2.74. The first-order valence-electron chi connectivity index (χ1n) is 5.94. The van der Waals surface area contributed by atoms with E-state index in [1.165, 1.54) is 0 Å². The molecule has 1 aromatic heterocycles. The lowest BCUT2D eigenvalue weighted by atomic mass is 10.2. The van der Waals surface area contributed by atoms with E-state index in [9.17, 15) is 0 Å². The summed E-state index contributed by atoms with van der Waals surface area (Å²) in [5, 5.41) is 16.7. The van der Waals surface area contributed by atoms with Gasteiger partial charge in [-0.1, -0.05) is 18.1 Å². The van der Waals surface area contributed by atoms with E-state index < -0.39 is 0 Å². The first-order valence-corrected chi connectivity index (χ1v) is 5.94. The third kappa shape index (κ3) is 5.23. The lowest BCUT2D eigenvalue weighted by Crippen LogP contribution is -1.99. The Balaban J connectivity index is 2.14. The molecule has 1 N–H and O–H groups in total. The van der Waals surface area contributed by atoms with Crippen LogP contribution in [0.4, 0.5) is 0 Å². The molecular weight excluding hydrogens is 206 g/mol. The molecule has 0 atom stereocenters. The number of hydrogen-bond donors (Lipinski definition) is 1. The second-order valence-electron chi connectivity index (χ2n) is 3.75. The summed E-state index contributed by atoms with van der Waals surface area (Å²) in [4.78, 5) is 0. The Hall–Kier alpha value is -0.940. The number of rotatable bonds is 9. The topological polar surface area (TPSA) is 60.2 Å². The number of aromatic nitrogens is 3. The van der Waals surface area contributed by atoms with Crippen molar-refractivity contribution in [3.05, 3.63) is 11.9 Å². The maximum Gasteiger partial charge on any atom is 0.108 e. The lowest BCUT2D eigenvalue weighted by molar-refractivity contribution is 0.131. The molecule has 0 bridgehead atoms. The summed E-state index contributed by atoms with van der Waals surface area (Å²) in [7, 11) is 0. The summed E-state index contributed by atoms with van der Waals surface area (Å²) in [5.74, 6) is 0. The lowest BCUT2D eigenvalue weighted by Gasteiger charge is -1.99. The van der Waals surface area contributed by atoms with Crippen LogP contribution < -0.4 is 0 Å². The summed E-state index contributed by atoms with van der Waals surface area (Å²) in [6, 6.07) is 0. The zero-order chi connectivity index (χ0) is 11.6. The van der Waals surface area contributed by atoms with Crippen LogP contribution in [0.25, 0.3) is 0 Å². The predicted octanol–water partition coefficient (Wildman–Crippen LogP) is 1.37. The normalized spacial score (nSPS) is 10.9. The highest BCUT2D eigenvalue weighted by Gasteiger charge is 1.99. The molecule has 0 aliphatic rings. The molecular formula is C11H21N3O2. The van der Waals surface area contributed by atoms with Gasteiger partial charge in [-0.15, -0.1) is 5.10 Å². The van der Waals surface area contributed by atoms with E-state index >= 15 is 0 Å². The molecule has 0 fully saturated rings. The van der Waals surface area contributed by atoms with Gasteiger partial charge in [0.2, 0.25) is 0 Å². The molecule has 92 valence electrons. The Labute approximate surface area is 96.4 Å². The predicted molar refractivity (Wildman–Crippen MR) is 60.9 cm³/mol. The van der Waals surface area contributed by atoms with Gasteiger partial charge in [0.05, 0.1) is 12.8 Å². The van der Waals surface area contributed by atoms with Crippen LogP contribution in [0.15, 0.2) is 6.20 Å². The van der Waals surface area contributed by atoms with Crippen LogP contribution in [0.2, 0.25) is 0 Å². The zero-order valence-electron chi connectivity index (χ0n) is 9.93. The van der Waals surface area contributed by atoms with E-state index in [0.29, 0.717) is 19.8 Å². The molecule has 0 amide bonds. The molecule has 0 spiro atoms. The molecule has 16 heavy (non-hydrogen) atoms. The Bertz CT molecular complexity index is 276. The largest absolute Gasteiger partial charge is 0.396 e. The van der Waals surface area contributed by atoms with E-state index in [4.69, 9.17) is 9.84 Å². The first kappa shape index (κ1) is 13.1. The van der Waals surface area contributed by atoms with Gasteiger partial charge in [0, 0.05) is 19.8 Å². The third-order valence-electron chi connectivity index (χ3n) is 2.34. The summed E-state index contributed by atoms with van der Waals surface area (Å²) >= 11 is 0. The van der Waals surface area contributed by atoms with Crippen LogP contribution in [0, 0.1) is 0 Å². The smallest absolute Gasteiger partial charge is 0.108 e. The second-order valence-corrected chi connectivity index (χ2v) is 3.75. The van der Waals surface area contributed by atoms with Crippen LogP contribution in [0.5, 0.6) is 0 Å². The van der Waals surface area contributed by atoms with Crippen molar-refractivity contribution in [2.45, 2.75) is 45.8 Å². The fourth-order valence-electron chi connectivity index (χ4n) is 1.46. The maximum absolute atomic E-state index is 8.63. The Morgan fingerprint density at radius 3 is 2.88 bits per heavy atom. The molecule has 1 aromatic rings. The van der Waals surface area contributed by atoms with E-state index in [1.807, 2.05) is 17.8 Å². The van der Waals surface area contributed by atoms with Crippen LogP contribution in [0.3, 0.4) is 0 Å². The van der Waals surface area contributed by atoms with Gasteiger partial charge < -0.3 is 9.84 Å². The molecule has 0 radical (unpaired) electrons. The highest BCUT2D eigenvalue weighted by molar-refractivity contribution is 4.89. The molecule has 0 saturated carbocycles. The van der Waals surface area contributed by atoms with Gasteiger partial charge in [-0.25, -0.2) is 0 Å². The van der Waals surface area contributed by atoms with Crippen molar-refractivity contribution in [2.24, 2.45) is 0 Å². The van der Waals surface area contributed by atoms with Crippen LogP contribution in [-0.4, -0.2) is 33.3 Å². The van der Waals surface area contributed by atoms with Gasteiger partial charge in [0.1, 0.15) is 5.69 Å². The van der Waals surface area contributed by atoms with E-state index in [1.54, 1.807) is 0 Å². The first-order chi connectivity index (χ1) is 7.86. The number of unbranched alkanes of at least 4 members (excludes halogenated alkanes) is 3. The number of nitrogens with zero attached hydrogens (tertiary/aromatic N) is 3. The minimum Gasteiger partial charge on any atom is -0.396 e. The fourth-order valence-corrected chi connectivity index (χ4v) is 1.46. The van der Waals surface area contributed by atoms with Crippen molar-refractivity contribution in [2.75, 3.05) is 13.2 Å². The van der Waals surface area contributed by atoms with Gasteiger partial charge in [0.25, 0.3) is 0 Å². The maximum atomic E-state index is 8.63. The molecule has 5 nitrogen and oxygen atoms in total. The summed E-state index contributed by atoms with van der Waals surface area (Å²) in [6.45, 7) is 4.40. The van der Waals surface area contributed by atoms with Crippen LogP contribution in [-0.2, 0) is 17.9 Å². The molecule has 0 saturated heterocycles. The standard InChI is InChI=1S/C11H21N3O2/c1-2-16-10-11-9-14(13-12-11)7-5-3-4-6-8-15/h9,15H,2-8,10H2,1H3. The minimum atomic E-state index is 0.293. The van der Waals surface area contributed by atoms with Gasteiger partial charge in [-0.3, -0.25) is 4.68 Å². The van der Waals surface area contributed by atoms with Gasteiger partial charge in [0.15, 0.2) is 0 Å². The highest BCUT2D eigenvalue weighted by atomic mass is 16.5. The summed E-state index contributed by atoms with van der Waals surface area (Å²) in [6.07, 6.45) is 6.12. The van der Waals surface area contributed by atoms with Crippen molar-refractivity contribution in [1.82, 2.24) is 15.0 Å². The number of ether oxygens (including phenoxy) is 1. The highest BCUT2D eigenvalue weighted by Crippen LogP contribution is 2.02. The van der Waals surface area contributed by atoms with Crippen molar-refractivity contribution in [3.8, 4) is 0 Å². The average molecular weight is 227 g/mol. The van der Waals surface area contributed by atoms with E-state index in [0.717, 1.165) is 37.9 Å². The molecule has 0 aliphatic carbocycles. The summed E-state index contributed by atoms with van der Waals surface area (Å²) < 4.78 is 7.10. The van der Waals surface area contributed by atoms with Crippen molar-refractivity contribution in [3.63, 3.8) is 0 Å². The number of aliphatic hydroxyl groups excluding tert-OH is 1. The minimum absolute atomic E-state index is 0.293. The van der Waals surface area contributed by atoms with Crippen molar-refractivity contribution in [1.29, 1.82) is 0 Å². The molecule has 1 rings (SSSR count). The zero-order valence-corrected chi connectivity index (χ0v) is 9.93. The van der Waals surface area contributed by atoms with Gasteiger partial charge in [-0.05, 0) is 19.8 Å². The van der Waals surface area contributed by atoms with Crippen molar-refractivity contribution >= 4 is 0 Å². The Morgan fingerprint density at radius 1 is 1.31 bits per heavy atom. The number of aliphatic hydroxyl groups is 1. The van der Waals surface area contributed by atoms with Crippen LogP contribution >= 0.6 is 0 Å². The van der Waals surface area contributed by atoms with Gasteiger partial charge >= 0.3 is 0 Å². The molecule has 0 unspecified atom stereocenters. The second kappa shape index (κ2) is 8.24. The number of aryl methyl sites for hydroxylation is 1. The number of hydrogen-bond acceptors (Lipinski definition) is 4. The Morgan fingerprint density at radius 2 is 2.12 bits per heavy atom. The SMILES string of the molecule is CCOCc1cn(CCCCCCO)nn1. The molecule has 0 aliphatic heterocycles. The van der Waals surface area contributed by atoms with Gasteiger partial charge in [-0.2, -0.15) is 0 Å². The monoisotopic (exact) mass is 227 g/mol. The molecule has 0 aromatic carbocycles. The van der Waals surface area contributed by atoms with E-state index in [-0.39, 0.29) is 0 Å². The quantitative estimate of drug-likeness (QED) is 0.647. The summed E-state index contributed by atoms with van der Waals surface area (Å²) in [5.41, 5.74) is 0.886. The molecule has 5 heteroatoms. The van der Waals surface area contributed by atoms with Crippen LogP contribution in [0.1, 0.15) is 38.3 Å². The molecule has 1 heterocycles. The van der Waals surface area contributed by atoms with E-state index in [2.05, 4.69) is 10.3 Å². The van der Waals surface area contributed by atoms with Crippen molar-refractivity contribution < 1.29 is 9.84 Å². The fraction of sp³-hybridized carbons (Fsp3) is 0.818. The Kier molecular flexibility index (Phi) is 6.76.